The highest BCUT2D eigenvalue weighted by atomic mass is 79.9. The molecule has 1 fully saturated rings. The molecule has 1 aromatic rings. The van der Waals surface area contributed by atoms with Crippen LogP contribution in [0.2, 0.25) is 0 Å². The van der Waals surface area contributed by atoms with Gasteiger partial charge >= 0.3 is 0 Å². The number of carbonyl (C=O) groups is 1. The number of sulfonamides is 1. The predicted octanol–water partition coefficient (Wildman–Crippen LogP) is 2.14. The van der Waals surface area contributed by atoms with E-state index in [0.717, 1.165) is 0 Å². The van der Waals surface area contributed by atoms with E-state index in [1.807, 2.05) is 6.92 Å². The maximum atomic E-state index is 12.6. The summed E-state index contributed by atoms with van der Waals surface area (Å²) in [4.78, 5) is 13.5. The minimum atomic E-state index is -3.46. The molecule has 0 bridgehead atoms. The molecule has 20 heavy (non-hydrogen) atoms. The molecule has 0 spiro atoms. The lowest BCUT2D eigenvalue weighted by Gasteiger charge is -2.21. The summed E-state index contributed by atoms with van der Waals surface area (Å²) in [6.07, 6.45) is 1.14. The van der Waals surface area contributed by atoms with Gasteiger partial charge in [0.25, 0.3) is 10.0 Å². The van der Waals surface area contributed by atoms with Crippen LogP contribution in [0.5, 0.6) is 0 Å². The van der Waals surface area contributed by atoms with Crippen LogP contribution in [0.4, 0.5) is 0 Å². The molecule has 1 aromatic heterocycles. The van der Waals surface area contributed by atoms with Crippen molar-refractivity contribution < 1.29 is 13.2 Å². The van der Waals surface area contributed by atoms with E-state index in [-0.39, 0.29) is 5.91 Å². The summed E-state index contributed by atoms with van der Waals surface area (Å²) in [6, 6.07) is 1.74. The summed E-state index contributed by atoms with van der Waals surface area (Å²) in [7, 11) is -3.46. The van der Waals surface area contributed by atoms with Gasteiger partial charge in [-0.05, 0) is 33.8 Å². The van der Waals surface area contributed by atoms with Gasteiger partial charge in [0, 0.05) is 37.1 Å². The Morgan fingerprint density at radius 3 is 2.70 bits per heavy atom. The van der Waals surface area contributed by atoms with Crippen molar-refractivity contribution in [2.75, 3.05) is 26.2 Å². The van der Waals surface area contributed by atoms with Crippen molar-refractivity contribution >= 4 is 43.2 Å². The molecule has 8 heteroatoms. The summed E-state index contributed by atoms with van der Waals surface area (Å²) in [5, 5.41) is 1.75. The zero-order valence-corrected chi connectivity index (χ0v) is 14.4. The highest BCUT2D eigenvalue weighted by molar-refractivity contribution is 9.10. The normalized spacial score (nSPS) is 18.0. The zero-order valence-electron chi connectivity index (χ0n) is 11.2. The van der Waals surface area contributed by atoms with E-state index < -0.39 is 10.0 Å². The van der Waals surface area contributed by atoms with Crippen LogP contribution >= 0.6 is 27.3 Å². The maximum Gasteiger partial charge on any atom is 0.253 e. The fraction of sp³-hybridized carbons (Fsp3) is 0.583. The van der Waals surface area contributed by atoms with Crippen molar-refractivity contribution in [3.8, 4) is 0 Å². The average Bonchev–Trinajstić information content (AvgIpc) is 2.71. The Balaban J connectivity index is 2.15. The number of thiophene rings is 1. The fourth-order valence-electron chi connectivity index (χ4n) is 2.19. The molecule has 1 aliphatic heterocycles. The second kappa shape index (κ2) is 6.55. The van der Waals surface area contributed by atoms with E-state index in [0.29, 0.717) is 47.7 Å². The number of rotatable bonds is 3. The van der Waals surface area contributed by atoms with Crippen LogP contribution < -0.4 is 0 Å². The first-order chi connectivity index (χ1) is 9.46. The first-order valence-electron chi connectivity index (χ1n) is 6.47. The summed E-state index contributed by atoms with van der Waals surface area (Å²) < 4.78 is 27.6. The number of nitrogens with zero attached hydrogens (tertiary/aromatic N) is 2. The van der Waals surface area contributed by atoms with Gasteiger partial charge in [0.15, 0.2) is 0 Å². The van der Waals surface area contributed by atoms with Gasteiger partial charge in [-0.25, -0.2) is 8.42 Å². The molecule has 0 radical (unpaired) electrons. The van der Waals surface area contributed by atoms with Crippen molar-refractivity contribution in [1.82, 2.24) is 9.21 Å². The molecule has 112 valence electrons. The molecule has 2 rings (SSSR count). The van der Waals surface area contributed by atoms with Crippen LogP contribution in [0.1, 0.15) is 19.8 Å². The lowest BCUT2D eigenvalue weighted by molar-refractivity contribution is -0.130. The standard InChI is InChI=1S/C12H17BrN2O3S2/c1-2-11(16)14-5-3-6-15(8-7-14)20(17,18)12-10(13)4-9-19-12/h4,9H,2-3,5-8H2,1H3. The smallest absolute Gasteiger partial charge is 0.253 e. The predicted molar refractivity (Wildman–Crippen MR) is 82.3 cm³/mol. The Morgan fingerprint density at radius 2 is 2.10 bits per heavy atom. The van der Waals surface area contributed by atoms with Crippen molar-refractivity contribution in [3.63, 3.8) is 0 Å². The SMILES string of the molecule is CCC(=O)N1CCCN(S(=O)(=O)c2sccc2Br)CC1. The lowest BCUT2D eigenvalue weighted by Crippen LogP contribution is -2.37. The molecule has 0 N–H and O–H groups in total. The van der Waals surface area contributed by atoms with Gasteiger partial charge in [-0.1, -0.05) is 6.92 Å². The molecular formula is C12H17BrN2O3S2. The minimum absolute atomic E-state index is 0.0848. The largest absolute Gasteiger partial charge is 0.341 e. The second-order valence-corrected chi connectivity index (χ2v) is 8.45. The Labute approximate surface area is 131 Å². The molecule has 1 amide bonds. The van der Waals surface area contributed by atoms with Gasteiger partial charge < -0.3 is 4.90 Å². The lowest BCUT2D eigenvalue weighted by atomic mass is 10.3. The topological polar surface area (TPSA) is 57.7 Å². The van der Waals surface area contributed by atoms with Crippen LogP contribution in [0.3, 0.4) is 0 Å². The van der Waals surface area contributed by atoms with E-state index in [1.54, 1.807) is 16.3 Å². The molecule has 0 aromatic carbocycles. The molecular weight excluding hydrogens is 364 g/mol. The summed E-state index contributed by atoms with van der Waals surface area (Å²) >= 11 is 4.49. The molecule has 5 nitrogen and oxygen atoms in total. The van der Waals surface area contributed by atoms with Gasteiger partial charge in [0.2, 0.25) is 5.91 Å². The number of carbonyl (C=O) groups excluding carboxylic acids is 1. The van der Waals surface area contributed by atoms with Gasteiger partial charge in [-0.3, -0.25) is 4.79 Å². The molecule has 1 saturated heterocycles. The Bertz CT molecular complexity index is 585. The molecule has 1 aliphatic rings. The highest BCUT2D eigenvalue weighted by Crippen LogP contribution is 2.30. The van der Waals surface area contributed by atoms with E-state index in [2.05, 4.69) is 15.9 Å². The summed E-state index contributed by atoms with van der Waals surface area (Å²) in [5.41, 5.74) is 0. The average molecular weight is 381 g/mol. The number of amides is 1. The molecule has 0 atom stereocenters. The minimum Gasteiger partial charge on any atom is -0.341 e. The van der Waals surface area contributed by atoms with Crippen LogP contribution in [0, 0.1) is 0 Å². The van der Waals surface area contributed by atoms with Crippen molar-refractivity contribution in [3.05, 3.63) is 15.9 Å². The van der Waals surface area contributed by atoms with Crippen LogP contribution in [-0.4, -0.2) is 49.7 Å². The van der Waals surface area contributed by atoms with Crippen LogP contribution in [0.25, 0.3) is 0 Å². The maximum absolute atomic E-state index is 12.6. The first kappa shape index (κ1) is 15.9. The van der Waals surface area contributed by atoms with E-state index in [9.17, 15) is 13.2 Å². The zero-order chi connectivity index (χ0) is 14.8. The van der Waals surface area contributed by atoms with E-state index >= 15 is 0 Å². The van der Waals surface area contributed by atoms with Crippen molar-refractivity contribution in [2.45, 2.75) is 24.0 Å². The summed E-state index contributed by atoms with van der Waals surface area (Å²) in [6.45, 7) is 3.74. The van der Waals surface area contributed by atoms with Gasteiger partial charge in [0.05, 0.1) is 0 Å². The Kier molecular flexibility index (Phi) is 5.22. The van der Waals surface area contributed by atoms with Crippen molar-refractivity contribution in [2.24, 2.45) is 0 Å². The quantitative estimate of drug-likeness (QED) is 0.806. The first-order valence-corrected chi connectivity index (χ1v) is 9.59. The van der Waals surface area contributed by atoms with Crippen molar-refractivity contribution in [1.29, 1.82) is 0 Å². The Morgan fingerprint density at radius 1 is 1.35 bits per heavy atom. The fourth-order valence-corrected chi connectivity index (χ4v) is 6.11. The highest BCUT2D eigenvalue weighted by Gasteiger charge is 2.30. The second-order valence-electron chi connectivity index (χ2n) is 4.55. The number of hydrogen-bond acceptors (Lipinski definition) is 4. The van der Waals surface area contributed by atoms with Gasteiger partial charge in [-0.2, -0.15) is 4.31 Å². The molecule has 0 saturated carbocycles. The Hall–Kier alpha value is -0.440. The van der Waals surface area contributed by atoms with Crippen LogP contribution in [-0.2, 0) is 14.8 Å². The van der Waals surface area contributed by atoms with Gasteiger partial charge in [0.1, 0.15) is 4.21 Å². The molecule has 0 unspecified atom stereocenters. The number of hydrogen-bond donors (Lipinski definition) is 0. The van der Waals surface area contributed by atoms with Crippen LogP contribution in [0.15, 0.2) is 20.1 Å². The summed E-state index contributed by atoms with van der Waals surface area (Å²) in [5.74, 6) is 0.0848. The van der Waals surface area contributed by atoms with E-state index in [4.69, 9.17) is 0 Å². The monoisotopic (exact) mass is 380 g/mol. The molecule has 0 aliphatic carbocycles. The van der Waals surface area contributed by atoms with Gasteiger partial charge in [-0.15, -0.1) is 11.3 Å². The third-order valence-corrected chi connectivity index (χ3v) is 7.81. The third kappa shape index (κ3) is 3.24. The number of halogens is 1. The third-order valence-electron chi connectivity index (χ3n) is 3.27. The van der Waals surface area contributed by atoms with E-state index in [1.165, 1.54) is 15.6 Å². The molecule has 2 heterocycles.